The van der Waals surface area contributed by atoms with Gasteiger partial charge in [-0.2, -0.15) is 0 Å². The first kappa shape index (κ1) is 48.3. The van der Waals surface area contributed by atoms with E-state index < -0.39 is 0 Å². The van der Waals surface area contributed by atoms with Gasteiger partial charge in [0.05, 0.1) is 11.4 Å². The minimum Gasteiger partial charge on any atom is -0.458 e. The third-order valence-electron chi connectivity index (χ3n) is 17.9. The molecule has 8 heteroatoms. The zero-order chi connectivity index (χ0) is 56.4. The molecular formula is C78H50B2N4O2. The summed E-state index contributed by atoms with van der Waals surface area (Å²) in [6.45, 7) is -0.442. The van der Waals surface area contributed by atoms with Gasteiger partial charge in [-0.15, -0.1) is 0 Å². The van der Waals surface area contributed by atoms with Gasteiger partial charge < -0.3 is 29.1 Å². The predicted octanol–water partition coefficient (Wildman–Crippen LogP) is 16.9. The molecule has 4 aliphatic rings. The second-order valence-electron chi connectivity index (χ2n) is 22.8. The smallest absolute Gasteiger partial charge is 0.260 e. The first-order chi connectivity index (χ1) is 42.6. The number of ether oxygens (including phenoxy) is 2. The van der Waals surface area contributed by atoms with E-state index in [0.29, 0.717) is 0 Å². The summed E-state index contributed by atoms with van der Waals surface area (Å²) >= 11 is 0. The van der Waals surface area contributed by atoms with Crippen molar-refractivity contribution in [3.05, 3.63) is 303 Å². The van der Waals surface area contributed by atoms with Crippen LogP contribution in [0.5, 0.6) is 23.0 Å². The predicted molar refractivity (Wildman–Crippen MR) is 360 cm³/mol. The quantitative estimate of drug-likeness (QED) is 0.141. The molecule has 0 saturated carbocycles. The van der Waals surface area contributed by atoms with Crippen molar-refractivity contribution in [1.29, 1.82) is 0 Å². The topological polar surface area (TPSA) is 31.4 Å². The molecule has 0 aromatic heterocycles. The van der Waals surface area contributed by atoms with Crippen LogP contribution in [0.15, 0.2) is 303 Å². The van der Waals surface area contributed by atoms with Gasteiger partial charge in [0.25, 0.3) is 13.4 Å². The lowest BCUT2D eigenvalue weighted by molar-refractivity contribution is 0.465. The minimum atomic E-state index is -0.231. The Labute approximate surface area is 499 Å². The van der Waals surface area contributed by atoms with Gasteiger partial charge in [-0.05, 0) is 157 Å². The van der Waals surface area contributed by atoms with E-state index in [9.17, 15) is 0 Å². The van der Waals surface area contributed by atoms with Crippen molar-refractivity contribution in [3.8, 4) is 23.0 Å². The second-order valence-corrected chi connectivity index (χ2v) is 22.8. The molecule has 0 N–H and O–H groups in total. The Kier molecular flexibility index (Phi) is 10.8. The van der Waals surface area contributed by atoms with Crippen LogP contribution in [0.1, 0.15) is 0 Å². The summed E-state index contributed by atoms with van der Waals surface area (Å²) in [6, 6.07) is 110. The molecule has 400 valence electrons. The number of anilines is 12. The average molecular weight is 1100 g/mol. The second kappa shape index (κ2) is 19.2. The molecule has 0 unspecified atom stereocenters. The van der Waals surface area contributed by atoms with E-state index in [1.807, 2.05) is 0 Å². The Morgan fingerprint density at radius 1 is 0.233 bits per heavy atom. The fourth-order valence-corrected chi connectivity index (χ4v) is 14.2. The van der Waals surface area contributed by atoms with Crippen LogP contribution in [-0.2, 0) is 0 Å². The molecular weight excluding hydrogens is 1050 g/mol. The standard InChI is InChI=1S/C78H50B2N4O2/c1-6-28-57(29-7-1)81(58-30-8-2-9-31-58)63-45-71-77-72(46-63)84(62-39-38-51-22-16-17-23-52(51)40-62)69-43-55-26-20-18-24-53(55)41-65(69)79(77)66-49-68-74(50-70(66)83(71)61-36-14-5-15-37-61)86-76-48-64(82(59-32-10-3-11-33-59)60-34-12-4-13-35-60)47-75-78(76)80(68)67-42-54-25-19-21-27-56(54)44-73(67)85-75/h1-50H. The van der Waals surface area contributed by atoms with Crippen LogP contribution in [-0.4, -0.2) is 13.4 Å². The van der Waals surface area contributed by atoms with Gasteiger partial charge in [0.1, 0.15) is 23.0 Å². The highest BCUT2D eigenvalue weighted by molar-refractivity contribution is 7.02. The Balaban J connectivity index is 0.939. The van der Waals surface area contributed by atoms with Crippen LogP contribution in [0.4, 0.5) is 68.2 Å². The molecule has 0 atom stereocenters. The lowest BCUT2D eigenvalue weighted by atomic mass is 9.30. The van der Waals surface area contributed by atoms with E-state index in [-0.39, 0.29) is 13.4 Å². The van der Waals surface area contributed by atoms with E-state index in [2.05, 4.69) is 323 Å². The fraction of sp³-hybridized carbons (Fsp3) is 0. The number of nitrogens with zero attached hydrogens (tertiary/aromatic N) is 4. The van der Waals surface area contributed by atoms with Crippen molar-refractivity contribution in [2.45, 2.75) is 0 Å². The van der Waals surface area contributed by atoms with Crippen LogP contribution in [0.3, 0.4) is 0 Å². The summed E-state index contributed by atoms with van der Waals surface area (Å²) < 4.78 is 14.8. The first-order valence-corrected chi connectivity index (χ1v) is 29.5. The van der Waals surface area contributed by atoms with Crippen molar-refractivity contribution < 1.29 is 9.47 Å². The Morgan fingerprint density at radius 2 is 0.616 bits per heavy atom. The average Bonchev–Trinajstić information content (AvgIpc) is 0.782. The molecule has 0 bridgehead atoms. The monoisotopic (exact) mass is 1100 g/mol. The van der Waals surface area contributed by atoms with Crippen LogP contribution < -0.4 is 61.9 Å². The number of fused-ring (bicyclic) bond motifs is 11. The Morgan fingerprint density at radius 3 is 1.16 bits per heavy atom. The van der Waals surface area contributed by atoms with Crippen LogP contribution in [0.2, 0.25) is 0 Å². The van der Waals surface area contributed by atoms with Gasteiger partial charge in [-0.3, -0.25) is 0 Å². The number of para-hydroxylation sites is 5. The zero-order valence-corrected chi connectivity index (χ0v) is 46.6. The highest BCUT2D eigenvalue weighted by Gasteiger charge is 2.48. The molecule has 0 spiro atoms. The van der Waals surface area contributed by atoms with Gasteiger partial charge in [0.2, 0.25) is 0 Å². The highest BCUT2D eigenvalue weighted by atomic mass is 16.5. The third-order valence-corrected chi connectivity index (χ3v) is 17.9. The summed E-state index contributed by atoms with van der Waals surface area (Å²) in [4.78, 5) is 9.75. The molecule has 4 heterocycles. The van der Waals surface area contributed by atoms with Crippen LogP contribution in [0.25, 0.3) is 32.3 Å². The number of hydrogen-bond donors (Lipinski definition) is 0. The van der Waals surface area contributed by atoms with Crippen LogP contribution in [0, 0.1) is 0 Å². The summed E-state index contributed by atoms with van der Waals surface area (Å²) in [7, 11) is 0. The molecule has 86 heavy (non-hydrogen) atoms. The van der Waals surface area contributed by atoms with Crippen molar-refractivity contribution in [3.63, 3.8) is 0 Å². The van der Waals surface area contributed by atoms with Gasteiger partial charge in [0.15, 0.2) is 0 Å². The van der Waals surface area contributed by atoms with Gasteiger partial charge in [0, 0.05) is 80.5 Å². The van der Waals surface area contributed by atoms with Crippen molar-refractivity contribution >= 4 is 147 Å². The normalized spacial score (nSPS) is 13.0. The summed E-state index contributed by atoms with van der Waals surface area (Å²) in [6.07, 6.45) is 0. The molecule has 0 fully saturated rings. The molecule has 14 aromatic rings. The van der Waals surface area contributed by atoms with E-state index >= 15 is 0 Å². The van der Waals surface area contributed by atoms with Crippen molar-refractivity contribution in [1.82, 2.24) is 0 Å². The summed E-state index contributed by atoms with van der Waals surface area (Å²) in [5, 5.41) is 7.04. The highest BCUT2D eigenvalue weighted by Crippen LogP contribution is 2.51. The SMILES string of the molecule is c1ccc(N(c2ccccc2)c2cc3c4c(c2)Oc2cc5ccccc5cc2B4c2cc4c(cc2O3)N(c2ccccc2)c2cc(N(c3ccccc3)c3ccccc3)cc3c2B4c2cc4ccccc4cc2N3c2ccc3ccccc3c2)cc1. The van der Waals surface area contributed by atoms with E-state index in [1.54, 1.807) is 0 Å². The van der Waals surface area contributed by atoms with E-state index in [4.69, 9.17) is 9.47 Å². The third kappa shape index (κ3) is 7.56. The lowest BCUT2D eigenvalue weighted by Crippen LogP contribution is -2.64. The van der Waals surface area contributed by atoms with Gasteiger partial charge >= 0.3 is 0 Å². The van der Waals surface area contributed by atoms with Crippen LogP contribution >= 0.6 is 0 Å². The fourth-order valence-electron chi connectivity index (χ4n) is 14.2. The van der Waals surface area contributed by atoms with Crippen molar-refractivity contribution in [2.24, 2.45) is 0 Å². The van der Waals surface area contributed by atoms with Gasteiger partial charge in [-0.1, -0.05) is 188 Å². The Bertz CT molecular complexity index is 4970. The van der Waals surface area contributed by atoms with E-state index in [1.165, 1.54) is 37.9 Å². The number of hydrogen-bond acceptors (Lipinski definition) is 6. The minimum absolute atomic E-state index is 0.211. The summed E-state index contributed by atoms with van der Waals surface area (Å²) in [5.74, 6) is 3.19. The number of benzene rings is 14. The number of rotatable bonds is 8. The maximum Gasteiger partial charge on any atom is 0.260 e. The van der Waals surface area contributed by atoms with E-state index in [0.717, 1.165) is 118 Å². The molecule has 0 aliphatic carbocycles. The van der Waals surface area contributed by atoms with Crippen molar-refractivity contribution in [2.75, 3.05) is 19.6 Å². The zero-order valence-electron chi connectivity index (χ0n) is 46.6. The largest absolute Gasteiger partial charge is 0.458 e. The molecule has 6 nitrogen and oxygen atoms in total. The molecule has 0 radical (unpaired) electrons. The maximum atomic E-state index is 7.60. The molecule has 0 saturated heterocycles. The Hall–Kier alpha value is -11.2. The first-order valence-electron chi connectivity index (χ1n) is 29.5. The lowest BCUT2D eigenvalue weighted by Gasteiger charge is -2.45. The van der Waals surface area contributed by atoms with Gasteiger partial charge in [-0.25, -0.2) is 0 Å². The molecule has 4 aliphatic heterocycles. The molecule has 0 amide bonds. The summed E-state index contributed by atoms with van der Waals surface area (Å²) in [5.41, 5.74) is 19.6. The maximum absolute atomic E-state index is 7.60. The molecule has 18 rings (SSSR count). The molecule has 14 aromatic carbocycles.